The van der Waals surface area contributed by atoms with E-state index in [4.69, 9.17) is 10.7 Å². The minimum Gasteiger partial charge on any atom is -0.383 e. The van der Waals surface area contributed by atoms with Crippen molar-refractivity contribution in [3.05, 3.63) is 39.5 Å². The fourth-order valence-corrected chi connectivity index (χ4v) is 3.57. The predicted octanol–water partition coefficient (Wildman–Crippen LogP) is 4.76. The summed E-state index contributed by atoms with van der Waals surface area (Å²) in [6.45, 7) is 4.22. The second-order valence-corrected chi connectivity index (χ2v) is 6.65. The Morgan fingerprint density at radius 1 is 1.14 bits per heavy atom. The molecule has 0 amide bonds. The van der Waals surface area contributed by atoms with Crippen LogP contribution in [0.4, 0.5) is 5.82 Å². The number of hydrogen-bond acceptors (Lipinski definition) is 3. The monoisotopic (exact) mass is 345 g/mol. The number of halogens is 1. The van der Waals surface area contributed by atoms with Crippen molar-refractivity contribution in [3.8, 4) is 11.4 Å². The van der Waals surface area contributed by atoms with Crippen LogP contribution in [0.1, 0.15) is 48.4 Å². The van der Waals surface area contributed by atoms with Crippen LogP contribution in [0.25, 0.3) is 11.4 Å². The zero-order valence-electron chi connectivity index (χ0n) is 12.5. The molecule has 1 fully saturated rings. The molecule has 0 bridgehead atoms. The molecule has 2 N–H and O–H groups in total. The van der Waals surface area contributed by atoms with Crippen LogP contribution < -0.4 is 5.73 Å². The molecule has 21 heavy (non-hydrogen) atoms. The maximum atomic E-state index is 6.12. The Bertz CT molecular complexity index is 676. The first-order valence-electron chi connectivity index (χ1n) is 7.47. The van der Waals surface area contributed by atoms with Gasteiger partial charge in [-0.15, -0.1) is 0 Å². The lowest BCUT2D eigenvalue weighted by Crippen LogP contribution is -2.06. The first-order chi connectivity index (χ1) is 10.1. The molecule has 0 atom stereocenters. The number of nitrogens with two attached hydrogens (primary N) is 1. The summed E-state index contributed by atoms with van der Waals surface area (Å²) in [6, 6.07) is 6.23. The van der Waals surface area contributed by atoms with E-state index in [1.807, 2.05) is 0 Å². The van der Waals surface area contributed by atoms with Crippen molar-refractivity contribution in [3.63, 3.8) is 0 Å². The molecule has 4 heteroatoms. The summed E-state index contributed by atoms with van der Waals surface area (Å²) in [6.07, 6.45) is 4.95. The molecule has 0 unspecified atom stereocenters. The third-order valence-corrected chi connectivity index (χ3v) is 5.30. The van der Waals surface area contributed by atoms with Gasteiger partial charge in [-0.25, -0.2) is 9.97 Å². The maximum Gasteiger partial charge on any atom is 0.162 e. The number of hydrogen-bond donors (Lipinski definition) is 1. The SMILES string of the molecule is Cc1cccc(-c2nc(N)c(Br)c(C3CCCC3)n2)c1C. The van der Waals surface area contributed by atoms with Gasteiger partial charge in [0.05, 0.1) is 10.2 Å². The molecule has 3 rings (SSSR count). The Hall–Kier alpha value is -1.42. The Balaban J connectivity index is 2.13. The standard InChI is InChI=1S/C17H20BrN3/c1-10-6-5-9-13(11(10)2)17-20-15(12-7-3-4-8-12)14(18)16(19)21-17/h5-6,9,12H,3-4,7-8H2,1-2H3,(H2,19,20,21). The van der Waals surface area contributed by atoms with Crippen molar-refractivity contribution in [1.82, 2.24) is 9.97 Å². The molecular weight excluding hydrogens is 326 g/mol. The Morgan fingerprint density at radius 3 is 2.57 bits per heavy atom. The van der Waals surface area contributed by atoms with Gasteiger partial charge in [-0.3, -0.25) is 0 Å². The average molecular weight is 346 g/mol. The number of nitrogens with zero attached hydrogens (tertiary/aromatic N) is 2. The van der Waals surface area contributed by atoms with Crippen molar-refractivity contribution in [2.45, 2.75) is 45.4 Å². The minimum absolute atomic E-state index is 0.508. The number of benzene rings is 1. The van der Waals surface area contributed by atoms with E-state index >= 15 is 0 Å². The molecule has 1 heterocycles. The average Bonchev–Trinajstić information content (AvgIpc) is 2.99. The smallest absolute Gasteiger partial charge is 0.162 e. The van der Waals surface area contributed by atoms with E-state index in [-0.39, 0.29) is 0 Å². The van der Waals surface area contributed by atoms with Gasteiger partial charge in [0.15, 0.2) is 5.82 Å². The summed E-state index contributed by atoms with van der Waals surface area (Å²) in [5.41, 5.74) is 10.7. The lowest BCUT2D eigenvalue weighted by atomic mass is 10.0. The van der Waals surface area contributed by atoms with Crippen molar-refractivity contribution in [2.24, 2.45) is 0 Å². The summed E-state index contributed by atoms with van der Waals surface area (Å²) in [7, 11) is 0. The molecule has 2 aromatic rings. The molecule has 1 aromatic heterocycles. The maximum absolute atomic E-state index is 6.12. The van der Waals surface area contributed by atoms with Crippen LogP contribution in [0, 0.1) is 13.8 Å². The molecule has 1 aromatic carbocycles. The van der Waals surface area contributed by atoms with Crippen LogP contribution in [0.2, 0.25) is 0 Å². The van der Waals surface area contributed by atoms with E-state index in [1.54, 1.807) is 0 Å². The summed E-state index contributed by atoms with van der Waals surface area (Å²) >= 11 is 3.58. The highest BCUT2D eigenvalue weighted by atomic mass is 79.9. The molecule has 1 saturated carbocycles. The van der Waals surface area contributed by atoms with Gasteiger partial charge in [0.2, 0.25) is 0 Å². The first kappa shape index (κ1) is 14.5. The summed E-state index contributed by atoms with van der Waals surface area (Å²) in [4.78, 5) is 9.35. The number of aromatic nitrogens is 2. The Labute approximate surface area is 134 Å². The lowest BCUT2D eigenvalue weighted by Gasteiger charge is -2.15. The topological polar surface area (TPSA) is 51.8 Å². The van der Waals surface area contributed by atoms with Crippen LogP contribution in [-0.2, 0) is 0 Å². The van der Waals surface area contributed by atoms with E-state index in [2.05, 4.69) is 53.0 Å². The van der Waals surface area contributed by atoms with Crippen LogP contribution in [0.3, 0.4) is 0 Å². The van der Waals surface area contributed by atoms with Gasteiger partial charge in [-0.05, 0) is 53.7 Å². The van der Waals surface area contributed by atoms with Crippen molar-refractivity contribution < 1.29 is 0 Å². The molecular formula is C17H20BrN3. The van der Waals surface area contributed by atoms with E-state index < -0.39 is 0 Å². The first-order valence-corrected chi connectivity index (χ1v) is 8.26. The van der Waals surface area contributed by atoms with Crippen LogP contribution in [-0.4, -0.2) is 9.97 Å². The van der Waals surface area contributed by atoms with Gasteiger partial charge in [0.1, 0.15) is 5.82 Å². The molecule has 0 saturated heterocycles. The highest BCUT2D eigenvalue weighted by Gasteiger charge is 2.23. The highest BCUT2D eigenvalue weighted by molar-refractivity contribution is 9.10. The molecule has 0 radical (unpaired) electrons. The lowest BCUT2D eigenvalue weighted by molar-refractivity contribution is 0.691. The summed E-state index contributed by atoms with van der Waals surface area (Å²) < 4.78 is 0.878. The number of aryl methyl sites for hydroxylation is 1. The molecule has 1 aliphatic rings. The predicted molar refractivity (Wildman–Crippen MR) is 90.3 cm³/mol. The van der Waals surface area contributed by atoms with Crippen LogP contribution >= 0.6 is 15.9 Å². The van der Waals surface area contributed by atoms with Crippen molar-refractivity contribution in [2.75, 3.05) is 5.73 Å². The largest absolute Gasteiger partial charge is 0.383 e. The zero-order valence-corrected chi connectivity index (χ0v) is 14.1. The van der Waals surface area contributed by atoms with Gasteiger partial charge in [0, 0.05) is 11.5 Å². The van der Waals surface area contributed by atoms with Crippen LogP contribution in [0.15, 0.2) is 22.7 Å². The third kappa shape index (κ3) is 2.69. The number of nitrogen functional groups attached to an aromatic ring is 1. The van der Waals surface area contributed by atoms with Crippen LogP contribution in [0.5, 0.6) is 0 Å². The highest BCUT2D eigenvalue weighted by Crippen LogP contribution is 2.39. The third-order valence-electron chi connectivity index (χ3n) is 4.49. The van der Waals surface area contributed by atoms with Gasteiger partial charge < -0.3 is 5.73 Å². The zero-order chi connectivity index (χ0) is 15.0. The quantitative estimate of drug-likeness (QED) is 0.853. The van der Waals surface area contributed by atoms with E-state index in [9.17, 15) is 0 Å². The molecule has 110 valence electrons. The minimum atomic E-state index is 0.508. The Kier molecular flexibility index (Phi) is 3.98. The fraction of sp³-hybridized carbons (Fsp3) is 0.412. The van der Waals surface area contributed by atoms with Gasteiger partial charge >= 0.3 is 0 Å². The molecule has 3 nitrogen and oxygen atoms in total. The van der Waals surface area contributed by atoms with Crippen molar-refractivity contribution >= 4 is 21.7 Å². The summed E-state index contributed by atoms with van der Waals surface area (Å²) in [5.74, 6) is 1.80. The second-order valence-electron chi connectivity index (χ2n) is 5.86. The normalized spacial score (nSPS) is 15.6. The van der Waals surface area contributed by atoms with E-state index in [0.717, 1.165) is 21.6 Å². The van der Waals surface area contributed by atoms with E-state index in [1.165, 1.54) is 36.8 Å². The number of anilines is 1. The van der Waals surface area contributed by atoms with Gasteiger partial charge in [-0.1, -0.05) is 31.0 Å². The van der Waals surface area contributed by atoms with Gasteiger partial charge in [-0.2, -0.15) is 0 Å². The molecule has 0 aliphatic heterocycles. The Morgan fingerprint density at radius 2 is 1.86 bits per heavy atom. The van der Waals surface area contributed by atoms with Gasteiger partial charge in [0.25, 0.3) is 0 Å². The molecule has 0 spiro atoms. The van der Waals surface area contributed by atoms with Crippen molar-refractivity contribution in [1.29, 1.82) is 0 Å². The summed E-state index contributed by atoms with van der Waals surface area (Å²) in [5, 5.41) is 0. The second kappa shape index (κ2) is 5.76. The molecule has 1 aliphatic carbocycles. The van der Waals surface area contributed by atoms with E-state index in [0.29, 0.717) is 11.7 Å². The fourth-order valence-electron chi connectivity index (χ4n) is 3.07. The number of rotatable bonds is 2.